The van der Waals surface area contributed by atoms with Gasteiger partial charge in [-0.05, 0) is 32.9 Å². The molecule has 170 valence electrons. The lowest BCUT2D eigenvalue weighted by Crippen LogP contribution is -2.26. The van der Waals surface area contributed by atoms with Gasteiger partial charge in [-0.1, -0.05) is 18.2 Å². The van der Waals surface area contributed by atoms with Gasteiger partial charge in [-0.3, -0.25) is 9.59 Å². The molecule has 0 radical (unpaired) electrons. The molecule has 2 aromatic carbocycles. The van der Waals surface area contributed by atoms with Crippen LogP contribution in [0.5, 0.6) is 0 Å². The van der Waals surface area contributed by atoms with Crippen molar-refractivity contribution in [3.63, 3.8) is 0 Å². The number of carbonyl (C=O) groups excluding carboxylic acids is 1. The van der Waals surface area contributed by atoms with Gasteiger partial charge in [-0.25, -0.2) is 17.6 Å². The van der Waals surface area contributed by atoms with Crippen molar-refractivity contribution in [3.8, 4) is 5.69 Å². The van der Waals surface area contributed by atoms with Crippen LogP contribution in [-0.4, -0.2) is 20.3 Å². The molecule has 33 heavy (non-hydrogen) atoms. The minimum Gasteiger partial charge on any atom is -0.336 e. The Balaban J connectivity index is 1.78. The first-order valence-corrected chi connectivity index (χ1v) is 9.92. The normalized spacial score (nSPS) is 12.2. The average molecular weight is 458 g/mol. The SMILES string of the molecule is Cc1c2cnn(-c3ccccc3)c(=O)c2c(C)n1[C@H](C)C(=O)Nc1c(F)c(F)cc(F)c1F. The number of nitrogens with one attached hydrogen (secondary N) is 1. The molecular weight excluding hydrogens is 440 g/mol. The molecule has 0 saturated heterocycles. The number of hydrogen-bond donors (Lipinski definition) is 1. The lowest BCUT2D eigenvalue weighted by Gasteiger charge is -2.18. The second-order valence-corrected chi connectivity index (χ2v) is 7.53. The van der Waals surface area contributed by atoms with E-state index in [1.165, 1.54) is 22.4 Å². The van der Waals surface area contributed by atoms with Crippen LogP contribution in [0.15, 0.2) is 47.4 Å². The maximum Gasteiger partial charge on any atom is 0.281 e. The molecule has 1 N–H and O–H groups in total. The fourth-order valence-electron chi connectivity index (χ4n) is 3.94. The van der Waals surface area contributed by atoms with E-state index < -0.39 is 46.5 Å². The van der Waals surface area contributed by atoms with Crippen molar-refractivity contribution < 1.29 is 22.4 Å². The van der Waals surface area contributed by atoms with Gasteiger partial charge in [0.2, 0.25) is 5.91 Å². The monoisotopic (exact) mass is 458 g/mol. The second-order valence-electron chi connectivity index (χ2n) is 7.53. The molecule has 10 heteroatoms. The Labute approximate surface area is 185 Å². The molecule has 0 bridgehead atoms. The average Bonchev–Trinajstić information content (AvgIpc) is 3.06. The van der Waals surface area contributed by atoms with Crippen molar-refractivity contribution in [3.05, 3.63) is 87.6 Å². The van der Waals surface area contributed by atoms with Crippen LogP contribution in [0.1, 0.15) is 24.4 Å². The molecule has 0 unspecified atom stereocenters. The number of halogens is 4. The van der Waals surface area contributed by atoms with Gasteiger partial charge in [0.25, 0.3) is 5.56 Å². The van der Waals surface area contributed by atoms with Crippen LogP contribution < -0.4 is 10.9 Å². The molecule has 4 rings (SSSR count). The molecule has 1 atom stereocenters. The quantitative estimate of drug-likeness (QED) is 0.360. The van der Waals surface area contributed by atoms with E-state index >= 15 is 0 Å². The Morgan fingerprint density at radius 2 is 1.61 bits per heavy atom. The number of anilines is 1. The van der Waals surface area contributed by atoms with Crippen LogP contribution in [0.3, 0.4) is 0 Å². The van der Waals surface area contributed by atoms with Crippen LogP contribution in [0.25, 0.3) is 16.5 Å². The van der Waals surface area contributed by atoms with Crippen molar-refractivity contribution in [2.45, 2.75) is 26.8 Å². The molecule has 4 aromatic rings. The fourth-order valence-corrected chi connectivity index (χ4v) is 3.94. The van der Waals surface area contributed by atoms with Gasteiger partial charge in [0.1, 0.15) is 11.7 Å². The van der Waals surface area contributed by atoms with Crippen LogP contribution >= 0.6 is 0 Å². The van der Waals surface area contributed by atoms with Crippen molar-refractivity contribution in [1.29, 1.82) is 0 Å². The molecule has 0 fully saturated rings. The zero-order valence-corrected chi connectivity index (χ0v) is 17.8. The minimum absolute atomic E-state index is 0.0570. The largest absolute Gasteiger partial charge is 0.336 e. The highest BCUT2D eigenvalue weighted by Gasteiger charge is 2.27. The van der Waals surface area contributed by atoms with E-state index in [9.17, 15) is 27.2 Å². The number of carbonyl (C=O) groups is 1. The number of fused-ring (bicyclic) bond motifs is 1. The van der Waals surface area contributed by atoms with E-state index in [-0.39, 0.29) is 6.07 Å². The lowest BCUT2D eigenvalue weighted by molar-refractivity contribution is -0.118. The Kier molecular flexibility index (Phi) is 5.52. The lowest BCUT2D eigenvalue weighted by atomic mass is 10.2. The predicted molar refractivity (Wildman–Crippen MR) is 114 cm³/mol. The van der Waals surface area contributed by atoms with Crippen molar-refractivity contribution in [2.75, 3.05) is 5.32 Å². The third kappa shape index (κ3) is 3.57. The second kappa shape index (κ2) is 8.19. The Morgan fingerprint density at radius 3 is 2.21 bits per heavy atom. The van der Waals surface area contributed by atoms with E-state index in [2.05, 4.69) is 5.10 Å². The van der Waals surface area contributed by atoms with Gasteiger partial charge in [-0.15, -0.1) is 0 Å². The summed E-state index contributed by atoms with van der Waals surface area (Å²) in [6, 6.07) is 7.74. The summed E-state index contributed by atoms with van der Waals surface area (Å²) in [5.41, 5.74) is -0.131. The van der Waals surface area contributed by atoms with Crippen LogP contribution in [0.2, 0.25) is 0 Å². The Bertz CT molecular complexity index is 1440. The van der Waals surface area contributed by atoms with Gasteiger partial charge in [0.15, 0.2) is 23.3 Å². The highest BCUT2D eigenvalue weighted by Crippen LogP contribution is 2.29. The van der Waals surface area contributed by atoms with E-state index in [1.54, 1.807) is 44.2 Å². The summed E-state index contributed by atoms with van der Waals surface area (Å²) in [4.78, 5) is 26.0. The molecule has 0 aliphatic carbocycles. The Hall–Kier alpha value is -3.95. The van der Waals surface area contributed by atoms with Gasteiger partial charge in [0, 0.05) is 22.8 Å². The molecule has 0 aliphatic rings. The number of aromatic nitrogens is 3. The molecule has 6 nitrogen and oxygen atoms in total. The van der Waals surface area contributed by atoms with Crippen molar-refractivity contribution >= 4 is 22.4 Å². The Morgan fingerprint density at radius 1 is 1.00 bits per heavy atom. The summed E-state index contributed by atoms with van der Waals surface area (Å²) in [5.74, 6) is -7.63. The predicted octanol–water partition coefficient (Wildman–Crippen LogP) is 4.56. The van der Waals surface area contributed by atoms with Crippen molar-refractivity contribution in [2.24, 2.45) is 0 Å². The maximum absolute atomic E-state index is 14.0. The molecule has 2 heterocycles. The van der Waals surface area contributed by atoms with E-state index in [0.717, 1.165) is 0 Å². The zero-order valence-electron chi connectivity index (χ0n) is 17.8. The number of nitrogens with zero attached hydrogens (tertiary/aromatic N) is 3. The summed E-state index contributed by atoms with van der Waals surface area (Å²) in [7, 11) is 0. The standard InChI is InChI=1S/C23H18F4N4O2/c1-11-15-10-28-31(14-7-5-4-6-8-14)23(33)18(15)12(2)30(11)13(3)22(32)29-21-19(26)16(24)9-17(25)20(21)27/h4-10,13H,1-3H3,(H,29,32)/t13-/m1/s1. The third-order valence-electron chi connectivity index (χ3n) is 5.58. The zero-order chi connectivity index (χ0) is 24.0. The summed E-state index contributed by atoms with van der Waals surface area (Å²) in [6.07, 6.45) is 1.49. The van der Waals surface area contributed by atoms with Crippen LogP contribution in [0.4, 0.5) is 23.2 Å². The molecule has 0 spiro atoms. The number of amides is 1. The van der Waals surface area contributed by atoms with Crippen LogP contribution in [0, 0.1) is 37.1 Å². The topological polar surface area (TPSA) is 68.9 Å². The number of hydrogen-bond acceptors (Lipinski definition) is 3. The first-order valence-electron chi connectivity index (χ1n) is 9.92. The highest BCUT2D eigenvalue weighted by molar-refractivity contribution is 5.95. The summed E-state index contributed by atoms with van der Waals surface area (Å²) >= 11 is 0. The third-order valence-corrected chi connectivity index (χ3v) is 5.58. The maximum atomic E-state index is 14.0. The summed E-state index contributed by atoms with van der Waals surface area (Å²) in [6.45, 7) is 4.72. The van der Waals surface area contributed by atoms with E-state index in [0.29, 0.717) is 27.8 Å². The van der Waals surface area contributed by atoms with E-state index in [4.69, 9.17) is 0 Å². The van der Waals surface area contributed by atoms with Gasteiger partial charge in [-0.2, -0.15) is 9.78 Å². The summed E-state index contributed by atoms with van der Waals surface area (Å²) in [5, 5.41) is 6.95. The smallest absolute Gasteiger partial charge is 0.281 e. The number of benzene rings is 2. The van der Waals surface area contributed by atoms with Gasteiger partial charge >= 0.3 is 0 Å². The molecule has 0 aliphatic heterocycles. The van der Waals surface area contributed by atoms with Crippen LogP contribution in [-0.2, 0) is 4.79 Å². The summed E-state index contributed by atoms with van der Waals surface area (Å²) < 4.78 is 57.7. The molecule has 1 amide bonds. The van der Waals surface area contributed by atoms with E-state index in [1.807, 2.05) is 5.32 Å². The van der Waals surface area contributed by atoms with Gasteiger partial charge in [0.05, 0.1) is 17.3 Å². The first kappa shape index (κ1) is 22.3. The molecule has 2 aromatic heterocycles. The first-order chi connectivity index (χ1) is 15.6. The number of rotatable bonds is 4. The molecular formula is C23H18F4N4O2. The van der Waals surface area contributed by atoms with Gasteiger partial charge < -0.3 is 9.88 Å². The fraction of sp³-hybridized carbons (Fsp3) is 0.174. The highest BCUT2D eigenvalue weighted by atomic mass is 19.2. The number of para-hydroxylation sites is 1. The van der Waals surface area contributed by atoms with Crippen molar-refractivity contribution in [1.82, 2.24) is 14.3 Å². The molecule has 0 saturated carbocycles. The number of aryl methyl sites for hydroxylation is 2. The minimum atomic E-state index is -1.71.